The molecule has 2 N–H and O–H groups in total. The third-order valence-corrected chi connectivity index (χ3v) is 3.41. The van der Waals surface area contributed by atoms with Crippen LogP contribution in [0.4, 0.5) is 5.00 Å². The van der Waals surface area contributed by atoms with Crippen molar-refractivity contribution in [2.24, 2.45) is 0 Å². The molecule has 0 radical (unpaired) electrons. The molecule has 100 valence electrons. The van der Waals surface area contributed by atoms with Gasteiger partial charge in [0.1, 0.15) is 4.88 Å². The second-order valence-corrected chi connectivity index (χ2v) is 4.83. The maximum Gasteiger partial charge on any atom is 0.346 e. The fraction of sp³-hybridized carbons (Fsp3) is 0.500. The summed E-state index contributed by atoms with van der Waals surface area (Å²) in [6, 6.07) is 1.68. The maximum atomic E-state index is 11.6. The fourth-order valence-electron chi connectivity index (χ4n) is 1.44. The molecule has 1 rings (SSSR count). The molecular formula is C12H17NO4S. The lowest BCUT2D eigenvalue weighted by Crippen LogP contribution is -2.11. The number of ether oxygens (including phenoxy) is 1. The Hall–Kier alpha value is -1.40. The van der Waals surface area contributed by atoms with Crippen molar-refractivity contribution in [1.82, 2.24) is 0 Å². The van der Waals surface area contributed by atoms with E-state index in [2.05, 4.69) is 5.32 Å². The molecule has 1 amide bonds. The van der Waals surface area contributed by atoms with Gasteiger partial charge in [0.25, 0.3) is 0 Å². The zero-order valence-electron chi connectivity index (χ0n) is 10.5. The van der Waals surface area contributed by atoms with Crippen LogP contribution in [0.15, 0.2) is 6.07 Å². The normalized spacial score (nSPS) is 10.3. The third kappa shape index (κ3) is 4.46. The van der Waals surface area contributed by atoms with Crippen LogP contribution >= 0.6 is 11.3 Å². The van der Waals surface area contributed by atoms with Gasteiger partial charge in [-0.1, -0.05) is 0 Å². The number of carboxylic acid groups (broad SMARTS) is 1. The zero-order valence-corrected chi connectivity index (χ0v) is 11.3. The minimum Gasteiger partial charge on any atom is -0.477 e. The lowest BCUT2D eigenvalue weighted by atomic mass is 10.3. The molecule has 0 bridgehead atoms. The van der Waals surface area contributed by atoms with Crippen LogP contribution in [-0.2, 0) is 9.53 Å². The first-order valence-electron chi connectivity index (χ1n) is 5.76. The molecule has 0 aliphatic rings. The summed E-state index contributed by atoms with van der Waals surface area (Å²) in [6.07, 6.45) is 1.04. The van der Waals surface area contributed by atoms with Gasteiger partial charge in [0.2, 0.25) is 5.91 Å². The first kappa shape index (κ1) is 14.7. The van der Waals surface area contributed by atoms with Gasteiger partial charge in [0.05, 0.1) is 5.00 Å². The second-order valence-electron chi connectivity index (χ2n) is 3.78. The van der Waals surface area contributed by atoms with Gasteiger partial charge < -0.3 is 15.2 Å². The third-order valence-electron chi connectivity index (χ3n) is 2.27. The molecule has 6 heteroatoms. The minimum absolute atomic E-state index is 0.118. The molecule has 1 heterocycles. The molecule has 0 spiro atoms. The van der Waals surface area contributed by atoms with E-state index in [9.17, 15) is 9.59 Å². The van der Waals surface area contributed by atoms with Crippen molar-refractivity contribution in [3.8, 4) is 0 Å². The van der Waals surface area contributed by atoms with Crippen LogP contribution in [0.1, 0.15) is 35.0 Å². The summed E-state index contributed by atoms with van der Waals surface area (Å²) in [5.74, 6) is -1.08. The Morgan fingerprint density at radius 1 is 1.50 bits per heavy atom. The average molecular weight is 271 g/mol. The van der Waals surface area contributed by atoms with Crippen molar-refractivity contribution in [3.05, 3.63) is 16.5 Å². The number of aryl methyl sites for hydroxylation is 1. The van der Waals surface area contributed by atoms with Gasteiger partial charge in [-0.25, -0.2) is 4.79 Å². The van der Waals surface area contributed by atoms with E-state index in [1.807, 2.05) is 6.92 Å². The van der Waals surface area contributed by atoms with Gasteiger partial charge in [-0.2, -0.15) is 0 Å². The van der Waals surface area contributed by atoms with Gasteiger partial charge >= 0.3 is 5.97 Å². The van der Waals surface area contributed by atoms with Crippen molar-refractivity contribution in [3.63, 3.8) is 0 Å². The first-order chi connectivity index (χ1) is 8.54. The van der Waals surface area contributed by atoms with Crippen LogP contribution in [0.3, 0.4) is 0 Å². The van der Waals surface area contributed by atoms with Gasteiger partial charge in [-0.15, -0.1) is 11.3 Å². The summed E-state index contributed by atoms with van der Waals surface area (Å²) in [4.78, 5) is 22.7. The molecule has 5 nitrogen and oxygen atoms in total. The van der Waals surface area contributed by atoms with E-state index in [0.717, 1.165) is 11.3 Å². The molecular weight excluding hydrogens is 254 g/mol. The second kappa shape index (κ2) is 7.13. The molecule has 0 aliphatic heterocycles. The predicted molar refractivity (Wildman–Crippen MR) is 70.4 cm³/mol. The molecule has 0 saturated carbocycles. The molecule has 0 unspecified atom stereocenters. The monoisotopic (exact) mass is 271 g/mol. The van der Waals surface area contributed by atoms with E-state index >= 15 is 0 Å². The lowest BCUT2D eigenvalue weighted by Gasteiger charge is -2.02. The number of carbonyl (C=O) groups is 2. The predicted octanol–water partition coefficient (Wildman–Crippen LogP) is 2.51. The van der Waals surface area contributed by atoms with Crippen molar-refractivity contribution in [1.29, 1.82) is 0 Å². The van der Waals surface area contributed by atoms with Gasteiger partial charge in [0, 0.05) is 19.6 Å². The highest BCUT2D eigenvalue weighted by Crippen LogP contribution is 2.26. The number of amides is 1. The zero-order chi connectivity index (χ0) is 13.5. The Bertz CT molecular complexity index is 428. The number of carboxylic acids is 1. The SMILES string of the molecule is CCOCCCC(=O)Nc1cc(C)c(C(=O)O)s1. The van der Waals surface area contributed by atoms with E-state index in [1.165, 1.54) is 0 Å². The number of thiophene rings is 1. The molecule has 0 atom stereocenters. The Balaban J connectivity index is 2.44. The molecule has 1 aromatic rings. The highest BCUT2D eigenvalue weighted by atomic mass is 32.1. The molecule has 0 saturated heterocycles. The Kier molecular flexibility index (Phi) is 5.80. The summed E-state index contributed by atoms with van der Waals surface area (Å²) in [6.45, 7) is 4.83. The summed E-state index contributed by atoms with van der Waals surface area (Å²) in [7, 11) is 0. The van der Waals surface area contributed by atoms with Crippen LogP contribution in [0.25, 0.3) is 0 Å². The summed E-state index contributed by atoms with van der Waals surface area (Å²) < 4.78 is 5.13. The molecule has 0 aliphatic carbocycles. The van der Waals surface area contributed by atoms with E-state index in [0.29, 0.717) is 36.6 Å². The van der Waals surface area contributed by atoms with Crippen LogP contribution in [0.5, 0.6) is 0 Å². The Morgan fingerprint density at radius 3 is 2.78 bits per heavy atom. The summed E-state index contributed by atoms with van der Waals surface area (Å²) in [5, 5.41) is 12.2. The Labute approximate surface area is 110 Å². The molecule has 0 aromatic carbocycles. The standard InChI is InChI=1S/C12H17NO4S/c1-3-17-6-4-5-9(14)13-10-7-8(2)11(18-10)12(15)16/h7H,3-6H2,1-2H3,(H,13,14)(H,15,16). The van der Waals surface area contributed by atoms with E-state index in [4.69, 9.17) is 9.84 Å². The van der Waals surface area contributed by atoms with Crippen LogP contribution in [-0.4, -0.2) is 30.2 Å². The van der Waals surface area contributed by atoms with E-state index < -0.39 is 5.97 Å². The van der Waals surface area contributed by atoms with Gasteiger partial charge in [0.15, 0.2) is 0 Å². The van der Waals surface area contributed by atoms with E-state index in [1.54, 1.807) is 13.0 Å². The smallest absolute Gasteiger partial charge is 0.346 e. The number of rotatable bonds is 7. The van der Waals surface area contributed by atoms with Crippen LogP contribution in [0, 0.1) is 6.92 Å². The summed E-state index contributed by atoms with van der Waals surface area (Å²) >= 11 is 1.08. The Morgan fingerprint density at radius 2 is 2.22 bits per heavy atom. The van der Waals surface area contributed by atoms with Crippen LogP contribution < -0.4 is 5.32 Å². The van der Waals surface area contributed by atoms with Gasteiger partial charge in [-0.3, -0.25) is 4.79 Å². The molecule has 1 aromatic heterocycles. The van der Waals surface area contributed by atoms with Crippen LogP contribution in [0.2, 0.25) is 0 Å². The van der Waals surface area contributed by atoms with Crippen molar-refractivity contribution < 1.29 is 19.4 Å². The van der Waals surface area contributed by atoms with Gasteiger partial charge in [-0.05, 0) is 31.9 Å². The van der Waals surface area contributed by atoms with Crippen molar-refractivity contribution in [2.75, 3.05) is 18.5 Å². The summed E-state index contributed by atoms with van der Waals surface area (Å²) in [5.41, 5.74) is 0.664. The number of carbonyl (C=O) groups excluding carboxylic acids is 1. The highest BCUT2D eigenvalue weighted by molar-refractivity contribution is 7.18. The average Bonchev–Trinajstić information content (AvgIpc) is 2.66. The largest absolute Gasteiger partial charge is 0.477 e. The number of anilines is 1. The number of hydrogen-bond donors (Lipinski definition) is 2. The molecule has 0 fully saturated rings. The highest BCUT2D eigenvalue weighted by Gasteiger charge is 2.13. The fourth-order valence-corrected chi connectivity index (χ4v) is 2.36. The number of aromatic carboxylic acids is 1. The topological polar surface area (TPSA) is 75.6 Å². The number of hydrogen-bond acceptors (Lipinski definition) is 4. The van der Waals surface area contributed by atoms with E-state index in [-0.39, 0.29) is 10.8 Å². The minimum atomic E-state index is -0.964. The maximum absolute atomic E-state index is 11.6. The quantitative estimate of drug-likeness (QED) is 0.747. The lowest BCUT2D eigenvalue weighted by molar-refractivity contribution is -0.116. The van der Waals surface area contributed by atoms with Crippen molar-refractivity contribution in [2.45, 2.75) is 26.7 Å². The van der Waals surface area contributed by atoms with Crippen molar-refractivity contribution >= 4 is 28.2 Å². The molecule has 18 heavy (non-hydrogen) atoms. The number of nitrogens with one attached hydrogen (secondary N) is 1. The first-order valence-corrected chi connectivity index (χ1v) is 6.57.